The number of amides is 3. The van der Waals surface area contributed by atoms with Crippen LogP contribution in [0.4, 0.5) is 0 Å². The molecule has 43 heavy (non-hydrogen) atoms. The van der Waals surface area contributed by atoms with E-state index < -0.39 is 129 Å². The summed E-state index contributed by atoms with van der Waals surface area (Å²) in [5.74, 6) is -1.96. The van der Waals surface area contributed by atoms with Gasteiger partial charge >= 0.3 is 0 Å². The van der Waals surface area contributed by atoms with Gasteiger partial charge in [-0.1, -0.05) is 0 Å². The molecule has 0 saturated carbocycles. The second-order valence-electron chi connectivity index (χ2n) is 10.5. The Hall–Kier alpha value is -2.11. The van der Waals surface area contributed by atoms with Crippen LogP contribution in [0.15, 0.2) is 0 Å². The zero-order valence-corrected chi connectivity index (χ0v) is 23.6. The molecule has 3 saturated heterocycles. The van der Waals surface area contributed by atoms with Crippen LogP contribution in [0.1, 0.15) is 20.8 Å². The van der Waals surface area contributed by atoms with Crippen LogP contribution in [0.2, 0.25) is 0 Å². The first-order valence-electron chi connectivity index (χ1n) is 13.5. The van der Waals surface area contributed by atoms with Gasteiger partial charge in [-0.05, 0) is 0 Å². The van der Waals surface area contributed by atoms with Crippen molar-refractivity contribution >= 4 is 17.7 Å². The zero-order valence-electron chi connectivity index (χ0n) is 23.6. The minimum Gasteiger partial charge on any atom is -0.394 e. The minimum absolute atomic E-state index is 0.628. The Morgan fingerprint density at radius 3 is 1.37 bits per heavy atom. The number of aliphatic hydroxyl groups excluding tert-OH is 8. The SMILES string of the molecule is CC(=O)N[C@H]1[C@H](O[C@H]2[C@H](O)[C@@H](NC(C)=O)C(O)O[C@@H]2CO)O[C@H](CO)[C@H](O[C@@H]2O[C@H](CO)[C@H](O)[C@H](O)[C@H]2NC(C)=O)[C@@H]1O. The number of ether oxygens (including phenoxy) is 5. The quantitative estimate of drug-likeness (QED) is 0.107. The second-order valence-corrected chi connectivity index (χ2v) is 10.5. The fourth-order valence-electron chi connectivity index (χ4n) is 5.28. The fourth-order valence-corrected chi connectivity index (χ4v) is 5.28. The van der Waals surface area contributed by atoms with Gasteiger partial charge in [0, 0.05) is 20.8 Å². The third kappa shape index (κ3) is 8.14. The van der Waals surface area contributed by atoms with Crippen molar-refractivity contribution in [3.05, 3.63) is 0 Å². The summed E-state index contributed by atoms with van der Waals surface area (Å²) < 4.78 is 28.3. The van der Waals surface area contributed by atoms with Crippen LogP contribution in [0.3, 0.4) is 0 Å². The van der Waals surface area contributed by atoms with Crippen molar-refractivity contribution in [1.29, 1.82) is 0 Å². The Morgan fingerprint density at radius 1 is 0.558 bits per heavy atom. The molecule has 0 aromatic rings. The van der Waals surface area contributed by atoms with E-state index >= 15 is 0 Å². The van der Waals surface area contributed by atoms with Crippen LogP contribution in [-0.2, 0) is 38.1 Å². The lowest BCUT2D eigenvalue weighted by molar-refractivity contribution is -0.351. The van der Waals surface area contributed by atoms with Crippen LogP contribution >= 0.6 is 0 Å². The first kappa shape index (κ1) is 35.4. The molecule has 3 aliphatic heterocycles. The smallest absolute Gasteiger partial charge is 0.217 e. The van der Waals surface area contributed by atoms with Gasteiger partial charge in [0.1, 0.15) is 73.1 Å². The Morgan fingerprint density at radius 2 is 0.930 bits per heavy atom. The number of rotatable bonds is 10. The molecule has 0 spiro atoms. The highest BCUT2D eigenvalue weighted by Gasteiger charge is 2.54. The van der Waals surface area contributed by atoms with Gasteiger partial charge in [-0.25, -0.2) is 0 Å². The number of hydrogen-bond acceptors (Lipinski definition) is 16. The first-order valence-corrected chi connectivity index (χ1v) is 13.5. The summed E-state index contributed by atoms with van der Waals surface area (Å²) in [5, 5.41) is 90.0. The molecule has 19 heteroatoms. The average Bonchev–Trinajstić information content (AvgIpc) is 2.94. The van der Waals surface area contributed by atoms with E-state index in [9.17, 15) is 55.2 Å². The summed E-state index contributed by atoms with van der Waals surface area (Å²) in [5.41, 5.74) is 0. The lowest BCUT2D eigenvalue weighted by atomic mass is 9.93. The Labute approximate surface area is 245 Å². The van der Waals surface area contributed by atoms with E-state index in [2.05, 4.69) is 16.0 Å². The first-order chi connectivity index (χ1) is 20.2. The Kier molecular flexibility index (Phi) is 12.5. The normalized spacial score (nSPS) is 43.5. The lowest BCUT2D eigenvalue weighted by Crippen LogP contribution is -2.71. The van der Waals surface area contributed by atoms with Gasteiger partial charge in [-0.2, -0.15) is 0 Å². The molecule has 248 valence electrons. The van der Waals surface area contributed by atoms with Gasteiger partial charge in [0.25, 0.3) is 0 Å². The molecule has 3 fully saturated rings. The molecule has 3 aliphatic rings. The average molecular weight is 628 g/mol. The number of carbonyl (C=O) groups excluding carboxylic acids is 3. The van der Waals surface area contributed by atoms with E-state index in [-0.39, 0.29) is 0 Å². The predicted octanol–water partition coefficient (Wildman–Crippen LogP) is -7.14. The van der Waals surface area contributed by atoms with Gasteiger partial charge < -0.3 is 80.5 Å². The molecule has 11 N–H and O–H groups in total. The Balaban J connectivity index is 1.89. The summed E-state index contributed by atoms with van der Waals surface area (Å²) in [4.78, 5) is 35.5. The van der Waals surface area contributed by atoms with E-state index in [1.165, 1.54) is 0 Å². The lowest BCUT2D eigenvalue weighted by Gasteiger charge is -2.49. The molecule has 0 bridgehead atoms. The maximum absolute atomic E-state index is 12.1. The van der Waals surface area contributed by atoms with Crippen LogP contribution in [-0.4, -0.2) is 170 Å². The molecular weight excluding hydrogens is 586 g/mol. The summed E-state index contributed by atoms with van der Waals surface area (Å²) in [7, 11) is 0. The van der Waals surface area contributed by atoms with Crippen LogP contribution in [0, 0.1) is 0 Å². The van der Waals surface area contributed by atoms with E-state index in [0.29, 0.717) is 0 Å². The van der Waals surface area contributed by atoms with Crippen molar-refractivity contribution in [2.75, 3.05) is 19.8 Å². The summed E-state index contributed by atoms with van der Waals surface area (Å²) >= 11 is 0. The molecule has 3 rings (SSSR count). The molecule has 15 atom stereocenters. The molecule has 0 aromatic carbocycles. The molecule has 3 heterocycles. The van der Waals surface area contributed by atoms with Crippen molar-refractivity contribution in [2.45, 2.75) is 113 Å². The fraction of sp³-hybridized carbons (Fsp3) is 0.875. The highest BCUT2D eigenvalue weighted by atomic mass is 16.7. The molecule has 0 radical (unpaired) electrons. The molecule has 3 amide bonds. The van der Waals surface area contributed by atoms with Crippen LogP contribution in [0.5, 0.6) is 0 Å². The van der Waals surface area contributed by atoms with Gasteiger partial charge in [0.05, 0.1) is 19.8 Å². The molecule has 1 unspecified atom stereocenters. The van der Waals surface area contributed by atoms with Crippen LogP contribution in [0.25, 0.3) is 0 Å². The molecule has 19 nitrogen and oxygen atoms in total. The number of aliphatic hydroxyl groups is 8. The minimum atomic E-state index is -1.77. The third-order valence-electron chi connectivity index (χ3n) is 7.30. The molecule has 0 aliphatic carbocycles. The van der Waals surface area contributed by atoms with Crippen molar-refractivity contribution < 1.29 is 78.9 Å². The second kappa shape index (κ2) is 15.3. The van der Waals surface area contributed by atoms with E-state index in [1.54, 1.807) is 0 Å². The maximum Gasteiger partial charge on any atom is 0.217 e. The number of carbonyl (C=O) groups is 3. The van der Waals surface area contributed by atoms with E-state index in [0.717, 1.165) is 20.8 Å². The highest BCUT2D eigenvalue weighted by Crippen LogP contribution is 2.32. The Bertz CT molecular complexity index is 962. The summed E-state index contributed by atoms with van der Waals surface area (Å²) in [6, 6.07) is -4.31. The van der Waals surface area contributed by atoms with Crippen molar-refractivity contribution in [3.8, 4) is 0 Å². The van der Waals surface area contributed by atoms with Crippen molar-refractivity contribution in [2.24, 2.45) is 0 Å². The maximum atomic E-state index is 12.1. The van der Waals surface area contributed by atoms with Crippen LogP contribution < -0.4 is 16.0 Å². The van der Waals surface area contributed by atoms with Gasteiger partial charge in [-0.3, -0.25) is 14.4 Å². The van der Waals surface area contributed by atoms with E-state index in [1.807, 2.05) is 0 Å². The highest BCUT2D eigenvalue weighted by molar-refractivity contribution is 5.74. The summed E-state index contributed by atoms with van der Waals surface area (Å²) in [6.45, 7) is 0.995. The summed E-state index contributed by atoms with van der Waals surface area (Å²) in [6.07, 6.45) is -19.0. The monoisotopic (exact) mass is 627 g/mol. The van der Waals surface area contributed by atoms with Crippen molar-refractivity contribution in [3.63, 3.8) is 0 Å². The topological polar surface area (TPSA) is 295 Å². The zero-order chi connectivity index (χ0) is 32.2. The van der Waals surface area contributed by atoms with E-state index in [4.69, 9.17) is 23.7 Å². The third-order valence-corrected chi connectivity index (χ3v) is 7.30. The largest absolute Gasteiger partial charge is 0.394 e. The molecule has 0 aromatic heterocycles. The molecular formula is C24H41N3O16. The van der Waals surface area contributed by atoms with Gasteiger partial charge in [0.2, 0.25) is 17.7 Å². The standard InChI is InChI=1S/C24H41N3O16/c1-7(31)25-13-18(36)20(11(5-29)39-22(13)38)42-24-15(27-9(3)33)19(37)21(12(6-30)41-24)43-23-14(26-8(2)32)17(35)16(34)10(4-28)40-23/h10-24,28-30,34-38H,4-6H2,1-3H3,(H,25,31)(H,26,32)(H,27,33)/t10-,11-,12-,13-,14-,15-,16+,17-,18-,19-,20-,21+,22?,23+,24+/m1/s1. The number of nitrogens with one attached hydrogen (secondary N) is 3. The van der Waals surface area contributed by atoms with Crippen molar-refractivity contribution in [1.82, 2.24) is 16.0 Å². The predicted molar refractivity (Wildman–Crippen MR) is 136 cm³/mol. The number of hydrogen-bond donors (Lipinski definition) is 11. The van der Waals surface area contributed by atoms with Gasteiger partial charge in [0.15, 0.2) is 18.9 Å². The van der Waals surface area contributed by atoms with Gasteiger partial charge in [-0.15, -0.1) is 0 Å².